The number of hydrogen-bond acceptors (Lipinski definition) is 4. The molecule has 4 rings (SSSR count). The topological polar surface area (TPSA) is 68.4 Å². The van der Waals surface area contributed by atoms with Crippen molar-refractivity contribution in [3.05, 3.63) is 63.8 Å². The summed E-state index contributed by atoms with van der Waals surface area (Å²) in [5.74, 6) is -0.451. The Morgan fingerprint density at radius 3 is 2.88 bits per heavy atom. The summed E-state index contributed by atoms with van der Waals surface area (Å²) < 4.78 is 17.5. The molecule has 25 heavy (non-hydrogen) atoms. The van der Waals surface area contributed by atoms with Gasteiger partial charge in [-0.05, 0) is 36.6 Å². The zero-order valence-electron chi connectivity index (χ0n) is 13.2. The van der Waals surface area contributed by atoms with Gasteiger partial charge in [0.15, 0.2) is 0 Å². The molecule has 126 valence electrons. The first-order chi connectivity index (χ1) is 12.0. The summed E-state index contributed by atoms with van der Waals surface area (Å²) in [5.41, 5.74) is 1.09. The van der Waals surface area contributed by atoms with E-state index in [-0.39, 0.29) is 17.8 Å². The zero-order valence-corrected chi connectivity index (χ0v) is 14.0. The van der Waals surface area contributed by atoms with Gasteiger partial charge < -0.3 is 5.32 Å². The van der Waals surface area contributed by atoms with E-state index < -0.39 is 11.7 Å². The monoisotopic (exact) mass is 356 g/mol. The Balaban J connectivity index is 1.70. The van der Waals surface area contributed by atoms with E-state index >= 15 is 0 Å². The van der Waals surface area contributed by atoms with Crippen molar-refractivity contribution in [2.75, 3.05) is 5.32 Å². The molecule has 0 radical (unpaired) electrons. The molecule has 0 aliphatic carbocycles. The van der Waals surface area contributed by atoms with Crippen molar-refractivity contribution in [2.24, 2.45) is 0 Å². The Morgan fingerprint density at radius 2 is 2.08 bits per heavy atom. The van der Waals surface area contributed by atoms with Crippen molar-refractivity contribution >= 4 is 38.7 Å². The number of nitrogens with one attached hydrogen (secondary N) is 1. The van der Waals surface area contributed by atoms with Crippen LogP contribution in [0.1, 0.15) is 5.82 Å². The maximum atomic E-state index is 13.6. The molecule has 0 unspecified atom stereocenters. The second kappa shape index (κ2) is 5.82. The highest BCUT2D eigenvalue weighted by atomic mass is 32.1. The molecule has 0 saturated heterocycles. The smallest absolute Gasteiger partial charge is 0.291 e. The van der Waals surface area contributed by atoms with Gasteiger partial charge in [0.25, 0.3) is 5.56 Å². The van der Waals surface area contributed by atoms with Gasteiger partial charge in [0.05, 0.1) is 15.9 Å². The van der Waals surface area contributed by atoms with E-state index in [4.69, 9.17) is 0 Å². The molecular weight excluding hydrogens is 343 g/mol. The van der Waals surface area contributed by atoms with Crippen molar-refractivity contribution in [2.45, 2.75) is 13.5 Å². The molecule has 0 fully saturated rings. The van der Waals surface area contributed by atoms with Crippen LogP contribution < -0.4 is 10.9 Å². The largest absolute Gasteiger partial charge is 0.322 e. The second-order valence-electron chi connectivity index (χ2n) is 5.57. The molecule has 0 spiro atoms. The molecule has 8 heteroatoms. The van der Waals surface area contributed by atoms with E-state index in [1.54, 1.807) is 23.5 Å². The number of amides is 1. The molecule has 1 N–H and O–H groups in total. The Morgan fingerprint density at radius 1 is 1.28 bits per heavy atom. The molecule has 0 aliphatic heterocycles. The van der Waals surface area contributed by atoms with Gasteiger partial charge in [0.2, 0.25) is 5.91 Å². The number of hydrogen-bond donors (Lipinski definition) is 1. The van der Waals surface area contributed by atoms with Crippen LogP contribution in [-0.2, 0) is 11.3 Å². The normalized spacial score (nSPS) is 11.3. The van der Waals surface area contributed by atoms with Crippen LogP contribution in [0.4, 0.5) is 10.1 Å². The number of carbonyl (C=O) groups is 1. The van der Waals surface area contributed by atoms with Crippen LogP contribution in [0.5, 0.6) is 0 Å². The number of rotatable bonds is 3. The van der Waals surface area contributed by atoms with Crippen LogP contribution in [0.2, 0.25) is 0 Å². The first-order valence-electron chi connectivity index (χ1n) is 7.55. The second-order valence-corrected chi connectivity index (χ2v) is 6.52. The van der Waals surface area contributed by atoms with Crippen LogP contribution in [-0.4, -0.2) is 20.1 Å². The molecule has 0 bridgehead atoms. The molecule has 3 heterocycles. The summed E-state index contributed by atoms with van der Waals surface area (Å²) in [4.78, 5) is 24.8. The van der Waals surface area contributed by atoms with E-state index in [2.05, 4.69) is 10.4 Å². The lowest BCUT2D eigenvalue weighted by molar-refractivity contribution is -0.117. The van der Waals surface area contributed by atoms with Crippen molar-refractivity contribution in [3.63, 3.8) is 0 Å². The average molecular weight is 356 g/mol. The Labute approximate surface area is 145 Å². The number of aryl methyl sites for hydroxylation is 1. The van der Waals surface area contributed by atoms with Crippen molar-refractivity contribution in [1.82, 2.24) is 14.2 Å². The lowest BCUT2D eigenvalue weighted by Crippen LogP contribution is -2.31. The summed E-state index contributed by atoms with van der Waals surface area (Å²) in [7, 11) is 0. The average Bonchev–Trinajstić information content (AvgIpc) is 3.15. The minimum Gasteiger partial charge on any atom is -0.322 e. The quantitative estimate of drug-likeness (QED) is 0.614. The molecule has 1 aromatic carbocycles. The first kappa shape index (κ1) is 15.5. The summed E-state index contributed by atoms with van der Waals surface area (Å²) in [6.45, 7) is 1.48. The molecule has 0 saturated carbocycles. The van der Waals surface area contributed by atoms with Gasteiger partial charge in [-0.15, -0.1) is 11.3 Å². The number of fused-ring (bicyclic) bond motifs is 3. The van der Waals surface area contributed by atoms with Crippen LogP contribution in [0.25, 0.3) is 15.7 Å². The van der Waals surface area contributed by atoms with Crippen LogP contribution in [0.15, 0.2) is 46.6 Å². The number of anilines is 1. The van der Waals surface area contributed by atoms with Crippen molar-refractivity contribution in [3.8, 4) is 0 Å². The Hall–Kier alpha value is -3.00. The fourth-order valence-corrected chi connectivity index (χ4v) is 3.63. The molecule has 3 aromatic heterocycles. The highest BCUT2D eigenvalue weighted by Crippen LogP contribution is 2.24. The number of aromatic nitrogens is 3. The van der Waals surface area contributed by atoms with Gasteiger partial charge in [-0.25, -0.2) is 9.07 Å². The third kappa shape index (κ3) is 2.60. The SMILES string of the molecule is Cc1nn(CC(=O)Nc2ccccc2F)c(=O)c2cc3sccc3n12. The van der Waals surface area contributed by atoms with E-state index in [0.29, 0.717) is 11.3 Å². The van der Waals surface area contributed by atoms with Crippen LogP contribution in [0, 0.1) is 12.7 Å². The fourth-order valence-electron chi connectivity index (χ4n) is 2.82. The maximum Gasteiger partial charge on any atom is 0.291 e. The van der Waals surface area contributed by atoms with E-state index in [1.807, 2.05) is 11.4 Å². The summed E-state index contributed by atoms with van der Waals surface area (Å²) in [6, 6.07) is 9.58. The predicted octanol–water partition coefficient (Wildman–Crippen LogP) is 2.80. The minimum absolute atomic E-state index is 0.0709. The third-order valence-electron chi connectivity index (χ3n) is 3.91. The summed E-state index contributed by atoms with van der Waals surface area (Å²) >= 11 is 1.54. The first-order valence-corrected chi connectivity index (χ1v) is 8.43. The summed E-state index contributed by atoms with van der Waals surface area (Å²) in [6.07, 6.45) is 0. The van der Waals surface area contributed by atoms with Gasteiger partial charge in [0, 0.05) is 0 Å². The lowest BCUT2D eigenvalue weighted by Gasteiger charge is -2.09. The maximum absolute atomic E-state index is 13.6. The highest BCUT2D eigenvalue weighted by Gasteiger charge is 2.15. The van der Waals surface area contributed by atoms with Crippen molar-refractivity contribution < 1.29 is 9.18 Å². The number of thiophene rings is 1. The van der Waals surface area contributed by atoms with E-state index in [9.17, 15) is 14.0 Å². The highest BCUT2D eigenvalue weighted by molar-refractivity contribution is 7.17. The van der Waals surface area contributed by atoms with Crippen LogP contribution >= 0.6 is 11.3 Å². The van der Waals surface area contributed by atoms with E-state index in [1.165, 1.54) is 29.5 Å². The van der Waals surface area contributed by atoms with Gasteiger partial charge in [-0.3, -0.25) is 14.0 Å². The van der Waals surface area contributed by atoms with Crippen molar-refractivity contribution in [1.29, 1.82) is 0 Å². The molecule has 0 atom stereocenters. The van der Waals surface area contributed by atoms with Gasteiger partial charge >= 0.3 is 0 Å². The van der Waals surface area contributed by atoms with Gasteiger partial charge in [-0.1, -0.05) is 12.1 Å². The third-order valence-corrected chi connectivity index (χ3v) is 4.76. The summed E-state index contributed by atoms with van der Waals surface area (Å²) in [5, 5.41) is 8.63. The standard InChI is InChI=1S/C17H13FN4O2S/c1-10-20-21(9-16(23)19-12-5-3-2-4-11(12)18)17(24)14-8-15-13(22(10)14)6-7-25-15/h2-8H,9H2,1H3,(H,19,23). The number of halogens is 1. The Bertz CT molecular complexity index is 1170. The number of nitrogens with zero attached hydrogens (tertiary/aromatic N) is 3. The van der Waals surface area contributed by atoms with Crippen LogP contribution in [0.3, 0.4) is 0 Å². The molecule has 6 nitrogen and oxygen atoms in total. The van der Waals surface area contributed by atoms with E-state index in [0.717, 1.165) is 14.9 Å². The fraction of sp³-hybridized carbons (Fsp3) is 0.118. The molecular formula is C17H13FN4O2S. The Kier molecular flexibility index (Phi) is 3.61. The number of benzene rings is 1. The van der Waals surface area contributed by atoms with Gasteiger partial charge in [-0.2, -0.15) is 5.10 Å². The predicted molar refractivity (Wildman–Crippen MR) is 94.6 cm³/mol. The molecule has 4 aromatic rings. The molecule has 0 aliphatic rings. The number of para-hydroxylation sites is 1. The molecule has 1 amide bonds. The lowest BCUT2D eigenvalue weighted by atomic mass is 10.3. The minimum atomic E-state index is -0.533. The number of carbonyl (C=O) groups excluding carboxylic acids is 1. The van der Waals surface area contributed by atoms with Gasteiger partial charge in [0.1, 0.15) is 23.7 Å². The zero-order chi connectivity index (χ0) is 17.6.